The Bertz CT molecular complexity index is 467. The molecule has 1 aliphatic rings. The van der Waals surface area contributed by atoms with Crippen molar-refractivity contribution >= 4 is 17.3 Å². The first kappa shape index (κ1) is 13.2. The lowest BCUT2D eigenvalue weighted by Gasteiger charge is -2.24. The number of benzene rings is 1. The van der Waals surface area contributed by atoms with Gasteiger partial charge in [-0.05, 0) is 44.1 Å². The summed E-state index contributed by atoms with van der Waals surface area (Å²) in [6.07, 6.45) is 1.23. The van der Waals surface area contributed by atoms with Crippen LogP contribution in [-0.4, -0.2) is 38.6 Å². The van der Waals surface area contributed by atoms with Crippen LogP contribution in [0.5, 0.6) is 0 Å². The third-order valence-electron chi connectivity index (χ3n) is 3.51. The summed E-state index contributed by atoms with van der Waals surface area (Å²) in [4.78, 5) is 4.52. The second-order valence-electron chi connectivity index (χ2n) is 5.07. The Morgan fingerprint density at radius 2 is 2.33 bits per heavy atom. The molecule has 0 spiro atoms. The Kier molecular flexibility index (Phi) is 4.11. The van der Waals surface area contributed by atoms with E-state index in [1.165, 1.54) is 13.0 Å². The lowest BCUT2D eigenvalue weighted by molar-refractivity contribution is 0.396. The van der Waals surface area contributed by atoms with Crippen molar-refractivity contribution in [1.82, 2.24) is 4.90 Å². The number of hydrogen-bond acceptors (Lipinski definition) is 3. The SMILES string of the molecule is CN1CCC(CN(C)c2ccc(Cl)cc2C#N)C1. The van der Waals surface area contributed by atoms with E-state index in [1.807, 2.05) is 19.2 Å². The Morgan fingerprint density at radius 1 is 1.56 bits per heavy atom. The molecule has 0 radical (unpaired) electrons. The van der Waals surface area contributed by atoms with Gasteiger partial charge in [0, 0.05) is 25.2 Å². The van der Waals surface area contributed by atoms with Crippen molar-refractivity contribution in [2.45, 2.75) is 6.42 Å². The Balaban J connectivity index is 2.09. The number of anilines is 1. The van der Waals surface area contributed by atoms with Gasteiger partial charge in [-0.1, -0.05) is 11.6 Å². The van der Waals surface area contributed by atoms with E-state index in [0.29, 0.717) is 16.5 Å². The molecule has 18 heavy (non-hydrogen) atoms. The van der Waals surface area contributed by atoms with Gasteiger partial charge in [0.15, 0.2) is 0 Å². The number of likely N-dealkylation sites (tertiary alicyclic amines) is 1. The third kappa shape index (κ3) is 2.95. The lowest BCUT2D eigenvalue weighted by Crippen LogP contribution is -2.27. The normalized spacial score (nSPS) is 19.8. The van der Waals surface area contributed by atoms with Crippen molar-refractivity contribution in [2.75, 3.05) is 38.6 Å². The van der Waals surface area contributed by atoms with Crippen LogP contribution in [0, 0.1) is 17.2 Å². The Hall–Kier alpha value is -1.24. The molecule has 0 aromatic heterocycles. The molecule has 1 aromatic rings. The van der Waals surface area contributed by atoms with Gasteiger partial charge in [-0.3, -0.25) is 0 Å². The number of hydrogen-bond donors (Lipinski definition) is 0. The van der Waals surface area contributed by atoms with Crippen LogP contribution in [0.3, 0.4) is 0 Å². The van der Waals surface area contributed by atoms with Gasteiger partial charge < -0.3 is 9.80 Å². The maximum atomic E-state index is 9.15. The van der Waals surface area contributed by atoms with E-state index >= 15 is 0 Å². The van der Waals surface area contributed by atoms with E-state index in [1.54, 1.807) is 6.07 Å². The molecule has 0 N–H and O–H groups in total. The predicted octanol–water partition coefficient (Wildman–Crippen LogP) is 2.60. The number of rotatable bonds is 3. The van der Waals surface area contributed by atoms with Crippen molar-refractivity contribution in [3.8, 4) is 6.07 Å². The van der Waals surface area contributed by atoms with E-state index in [9.17, 15) is 0 Å². The van der Waals surface area contributed by atoms with Crippen LogP contribution in [0.15, 0.2) is 18.2 Å². The molecule has 4 heteroatoms. The van der Waals surface area contributed by atoms with Crippen LogP contribution in [0.25, 0.3) is 0 Å². The molecule has 1 saturated heterocycles. The zero-order valence-electron chi connectivity index (χ0n) is 10.9. The van der Waals surface area contributed by atoms with Crippen LogP contribution in [-0.2, 0) is 0 Å². The Morgan fingerprint density at radius 3 is 2.94 bits per heavy atom. The first-order valence-electron chi connectivity index (χ1n) is 6.19. The van der Waals surface area contributed by atoms with E-state index in [4.69, 9.17) is 16.9 Å². The summed E-state index contributed by atoms with van der Waals surface area (Å²) in [5.41, 5.74) is 1.62. The summed E-state index contributed by atoms with van der Waals surface area (Å²) in [5, 5.41) is 9.77. The van der Waals surface area contributed by atoms with Gasteiger partial charge in [0.1, 0.15) is 6.07 Å². The molecular formula is C14H18ClN3. The molecule has 1 heterocycles. The summed E-state index contributed by atoms with van der Waals surface area (Å²) >= 11 is 5.91. The highest BCUT2D eigenvalue weighted by molar-refractivity contribution is 6.30. The number of nitriles is 1. The molecule has 0 amide bonds. The van der Waals surface area contributed by atoms with Crippen molar-refractivity contribution in [3.05, 3.63) is 28.8 Å². The Labute approximate surface area is 114 Å². The zero-order valence-corrected chi connectivity index (χ0v) is 11.6. The minimum atomic E-state index is 0.615. The molecule has 1 unspecified atom stereocenters. The van der Waals surface area contributed by atoms with Gasteiger partial charge in [-0.25, -0.2) is 0 Å². The van der Waals surface area contributed by atoms with Crippen molar-refractivity contribution in [2.24, 2.45) is 5.92 Å². The van der Waals surface area contributed by atoms with Crippen molar-refractivity contribution < 1.29 is 0 Å². The zero-order chi connectivity index (χ0) is 13.1. The fourth-order valence-electron chi connectivity index (χ4n) is 2.59. The fourth-order valence-corrected chi connectivity index (χ4v) is 2.76. The predicted molar refractivity (Wildman–Crippen MR) is 75.0 cm³/mol. The summed E-state index contributed by atoms with van der Waals surface area (Å²) in [6.45, 7) is 3.30. The smallest absolute Gasteiger partial charge is 0.101 e. The summed E-state index contributed by atoms with van der Waals surface area (Å²) in [5.74, 6) is 0.683. The minimum absolute atomic E-state index is 0.615. The standard InChI is InChI=1S/C14H18ClN3/c1-17-6-5-11(9-17)10-18(2)14-4-3-13(15)7-12(14)8-16/h3-4,7,11H,5-6,9-10H2,1-2H3. The van der Waals surface area contributed by atoms with E-state index in [2.05, 4.69) is 22.9 Å². The van der Waals surface area contributed by atoms with E-state index in [0.717, 1.165) is 18.8 Å². The monoisotopic (exact) mass is 263 g/mol. The maximum absolute atomic E-state index is 9.15. The number of halogens is 1. The highest BCUT2D eigenvalue weighted by Gasteiger charge is 2.21. The van der Waals surface area contributed by atoms with Gasteiger partial charge in [0.05, 0.1) is 11.3 Å². The van der Waals surface area contributed by atoms with E-state index in [-0.39, 0.29) is 0 Å². The van der Waals surface area contributed by atoms with Gasteiger partial charge in [0.25, 0.3) is 0 Å². The first-order valence-corrected chi connectivity index (χ1v) is 6.57. The van der Waals surface area contributed by atoms with Crippen LogP contribution in [0.1, 0.15) is 12.0 Å². The van der Waals surface area contributed by atoms with Gasteiger partial charge >= 0.3 is 0 Å². The molecule has 1 atom stereocenters. The maximum Gasteiger partial charge on any atom is 0.101 e. The van der Waals surface area contributed by atoms with Crippen LogP contribution in [0.2, 0.25) is 5.02 Å². The molecule has 2 rings (SSSR count). The molecule has 1 aliphatic heterocycles. The topological polar surface area (TPSA) is 30.3 Å². The average molecular weight is 264 g/mol. The molecule has 1 fully saturated rings. The highest BCUT2D eigenvalue weighted by Crippen LogP contribution is 2.25. The van der Waals surface area contributed by atoms with Crippen LogP contribution < -0.4 is 4.90 Å². The van der Waals surface area contributed by atoms with Crippen molar-refractivity contribution in [1.29, 1.82) is 5.26 Å². The van der Waals surface area contributed by atoms with Crippen molar-refractivity contribution in [3.63, 3.8) is 0 Å². The van der Waals surface area contributed by atoms with Gasteiger partial charge in [-0.2, -0.15) is 5.26 Å². The quantitative estimate of drug-likeness (QED) is 0.840. The summed E-state index contributed by atoms with van der Waals surface area (Å²) < 4.78 is 0. The van der Waals surface area contributed by atoms with Gasteiger partial charge in [0.2, 0.25) is 0 Å². The highest BCUT2D eigenvalue weighted by atomic mass is 35.5. The minimum Gasteiger partial charge on any atom is -0.373 e. The molecular weight excluding hydrogens is 246 g/mol. The van der Waals surface area contributed by atoms with E-state index < -0.39 is 0 Å². The average Bonchev–Trinajstić information content (AvgIpc) is 2.74. The number of nitrogens with zero attached hydrogens (tertiary/aromatic N) is 3. The fraction of sp³-hybridized carbons (Fsp3) is 0.500. The second-order valence-corrected chi connectivity index (χ2v) is 5.51. The molecule has 3 nitrogen and oxygen atoms in total. The molecule has 0 aliphatic carbocycles. The summed E-state index contributed by atoms with van der Waals surface area (Å²) in [6, 6.07) is 7.72. The first-order chi connectivity index (χ1) is 8.60. The van der Waals surface area contributed by atoms with Gasteiger partial charge in [-0.15, -0.1) is 0 Å². The molecule has 96 valence electrons. The lowest BCUT2D eigenvalue weighted by atomic mass is 10.1. The molecule has 0 saturated carbocycles. The molecule has 0 bridgehead atoms. The third-order valence-corrected chi connectivity index (χ3v) is 3.75. The van der Waals surface area contributed by atoms with Crippen LogP contribution >= 0.6 is 11.6 Å². The largest absolute Gasteiger partial charge is 0.373 e. The summed E-state index contributed by atoms with van der Waals surface area (Å²) in [7, 11) is 4.20. The molecule has 1 aromatic carbocycles. The second kappa shape index (κ2) is 5.60. The van der Waals surface area contributed by atoms with Crippen LogP contribution in [0.4, 0.5) is 5.69 Å².